The van der Waals surface area contributed by atoms with Crippen LogP contribution in [0.3, 0.4) is 0 Å². The molecule has 25 heavy (non-hydrogen) atoms. The first-order valence-electron chi connectivity index (χ1n) is 8.91. The molecule has 4 heteroatoms. The molecule has 2 rings (SSSR count). The smallest absolute Gasteiger partial charge is 0.251 e. The highest BCUT2D eigenvalue weighted by molar-refractivity contribution is 7.98. The fourth-order valence-electron chi connectivity index (χ4n) is 2.56. The third-order valence-electron chi connectivity index (χ3n) is 4.09. The second-order valence-corrected chi connectivity index (χ2v) is 7.33. The number of benzene rings is 2. The zero-order valence-electron chi connectivity index (χ0n) is 15.2. The summed E-state index contributed by atoms with van der Waals surface area (Å²) in [4.78, 5) is 14.4. The first-order chi connectivity index (χ1) is 12.2. The van der Waals surface area contributed by atoms with Gasteiger partial charge in [-0.3, -0.25) is 4.79 Å². The normalized spacial score (nSPS) is 10.5. The van der Waals surface area contributed by atoms with Crippen molar-refractivity contribution in [2.75, 3.05) is 30.8 Å². The van der Waals surface area contributed by atoms with Crippen molar-refractivity contribution in [2.45, 2.75) is 25.5 Å². The fraction of sp³-hybridized carbons (Fsp3) is 0.381. The Kier molecular flexibility index (Phi) is 8.40. The van der Waals surface area contributed by atoms with E-state index in [1.807, 2.05) is 42.1 Å². The maximum absolute atomic E-state index is 12.2. The lowest BCUT2D eigenvalue weighted by Crippen LogP contribution is -2.25. The van der Waals surface area contributed by atoms with Crippen LogP contribution in [-0.2, 0) is 5.75 Å². The van der Waals surface area contributed by atoms with Crippen molar-refractivity contribution >= 4 is 23.4 Å². The largest absolute Gasteiger partial charge is 0.375 e. The molecule has 0 saturated heterocycles. The second-order valence-electron chi connectivity index (χ2n) is 6.05. The van der Waals surface area contributed by atoms with Crippen LogP contribution in [0.4, 0.5) is 5.69 Å². The summed E-state index contributed by atoms with van der Waals surface area (Å²) in [5, 5.41) is 3.01. The lowest BCUT2D eigenvalue weighted by molar-refractivity contribution is 0.0953. The van der Waals surface area contributed by atoms with Gasteiger partial charge in [0.2, 0.25) is 0 Å². The van der Waals surface area contributed by atoms with Crippen LogP contribution in [0, 0.1) is 0 Å². The summed E-state index contributed by atoms with van der Waals surface area (Å²) in [6, 6.07) is 18.3. The van der Waals surface area contributed by atoms with E-state index in [1.165, 1.54) is 11.3 Å². The number of rotatable bonds is 10. The maximum Gasteiger partial charge on any atom is 0.251 e. The molecule has 0 atom stereocenters. The molecule has 0 fully saturated rings. The molecule has 0 unspecified atom stereocenters. The number of carbonyl (C=O) groups excluding carboxylic acids is 1. The third-order valence-corrected chi connectivity index (χ3v) is 5.04. The Morgan fingerprint density at radius 2 is 1.76 bits per heavy atom. The van der Waals surface area contributed by atoms with E-state index in [1.54, 1.807) is 0 Å². The minimum Gasteiger partial charge on any atom is -0.375 e. The van der Waals surface area contributed by atoms with Gasteiger partial charge in [-0.25, -0.2) is 0 Å². The van der Waals surface area contributed by atoms with Crippen LogP contribution < -0.4 is 10.2 Å². The molecule has 1 amide bonds. The average Bonchev–Trinajstić information content (AvgIpc) is 2.67. The summed E-state index contributed by atoms with van der Waals surface area (Å²) in [6.07, 6.45) is 2.03. The van der Waals surface area contributed by atoms with Gasteiger partial charge in [0.15, 0.2) is 0 Å². The van der Waals surface area contributed by atoms with E-state index in [-0.39, 0.29) is 5.91 Å². The molecule has 3 nitrogen and oxygen atoms in total. The van der Waals surface area contributed by atoms with Crippen LogP contribution in [0.5, 0.6) is 0 Å². The molecule has 1 N–H and O–H groups in total. The van der Waals surface area contributed by atoms with Gasteiger partial charge in [-0.2, -0.15) is 11.8 Å². The predicted octanol–water partition coefficient (Wildman–Crippen LogP) is 4.59. The number of nitrogens with zero attached hydrogens (tertiary/aromatic N) is 1. The number of hydrogen-bond acceptors (Lipinski definition) is 3. The van der Waals surface area contributed by atoms with Gasteiger partial charge in [-0.1, -0.05) is 37.3 Å². The summed E-state index contributed by atoms with van der Waals surface area (Å²) in [7, 11) is 2.10. The van der Waals surface area contributed by atoms with E-state index in [9.17, 15) is 4.79 Å². The Bertz CT molecular complexity index is 628. The number of nitrogens with one attached hydrogen (secondary N) is 1. The minimum absolute atomic E-state index is 0.0195. The van der Waals surface area contributed by atoms with Crippen LogP contribution in [0.25, 0.3) is 0 Å². The Morgan fingerprint density at radius 3 is 2.44 bits per heavy atom. The van der Waals surface area contributed by atoms with Crippen LogP contribution in [0.2, 0.25) is 0 Å². The Balaban J connectivity index is 1.65. The maximum atomic E-state index is 12.2. The van der Waals surface area contributed by atoms with Gasteiger partial charge >= 0.3 is 0 Å². The molecule has 0 aliphatic heterocycles. The molecule has 134 valence electrons. The molecule has 0 heterocycles. The van der Waals surface area contributed by atoms with Crippen molar-refractivity contribution in [2.24, 2.45) is 0 Å². The third kappa shape index (κ3) is 6.83. The molecule has 0 bridgehead atoms. The zero-order chi connectivity index (χ0) is 17.9. The highest BCUT2D eigenvalue weighted by Crippen LogP contribution is 2.13. The number of amides is 1. The number of para-hydroxylation sites is 1. The van der Waals surface area contributed by atoms with E-state index in [0.29, 0.717) is 0 Å². The molecule has 0 spiro atoms. The summed E-state index contributed by atoms with van der Waals surface area (Å²) < 4.78 is 0. The van der Waals surface area contributed by atoms with Gasteiger partial charge in [0.25, 0.3) is 5.91 Å². The molecule has 0 aliphatic carbocycles. The molecule has 0 aromatic heterocycles. The van der Waals surface area contributed by atoms with Gasteiger partial charge in [-0.15, -0.1) is 0 Å². The molecular weight excluding hydrogens is 328 g/mol. The second kappa shape index (κ2) is 10.8. The lowest BCUT2D eigenvalue weighted by Gasteiger charge is -2.19. The molecular formula is C21H28N2OS. The van der Waals surface area contributed by atoms with E-state index in [4.69, 9.17) is 0 Å². The first-order valence-corrected chi connectivity index (χ1v) is 10.1. The van der Waals surface area contributed by atoms with E-state index in [2.05, 4.69) is 48.5 Å². The summed E-state index contributed by atoms with van der Waals surface area (Å²) in [6.45, 7) is 3.86. The number of carbonyl (C=O) groups is 1. The van der Waals surface area contributed by atoms with E-state index in [0.717, 1.165) is 43.0 Å². The number of anilines is 1. The summed E-state index contributed by atoms with van der Waals surface area (Å²) >= 11 is 1.89. The van der Waals surface area contributed by atoms with Crippen LogP contribution >= 0.6 is 11.8 Å². The molecule has 2 aromatic carbocycles. The van der Waals surface area contributed by atoms with Crippen molar-refractivity contribution < 1.29 is 4.79 Å². The highest BCUT2D eigenvalue weighted by Gasteiger charge is 2.05. The summed E-state index contributed by atoms with van der Waals surface area (Å²) in [5.41, 5.74) is 3.24. The van der Waals surface area contributed by atoms with Gasteiger partial charge in [0.1, 0.15) is 0 Å². The predicted molar refractivity (Wildman–Crippen MR) is 110 cm³/mol. The SMILES string of the molecule is CCSCc1ccc(C(=O)NCCCCN(C)c2ccccc2)cc1. The zero-order valence-corrected chi connectivity index (χ0v) is 16.0. The number of unbranched alkanes of at least 4 members (excludes halogenated alkanes) is 1. The fourth-order valence-corrected chi connectivity index (χ4v) is 3.19. The lowest BCUT2D eigenvalue weighted by atomic mass is 10.1. The standard InChI is InChI=1S/C21H28N2OS/c1-3-25-17-18-11-13-19(14-12-18)21(24)22-15-7-8-16-23(2)20-9-5-4-6-10-20/h4-6,9-14H,3,7-8,15-17H2,1-2H3,(H,22,24). The van der Waals surface area contributed by atoms with Crippen molar-refractivity contribution in [3.63, 3.8) is 0 Å². The van der Waals surface area contributed by atoms with Gasteiger partial charge < -0.3 is 10.2 Å². The average molecular weight is 357 g/mol. The Labute approximate surface area is 155 Å². The van der Waals surface area contributed by atoms with Crippen LogP contribution in [0.15, 0.2) is 54.6 Å². The topological polar surface area (TPSA) is 32.3 Å². The highest BCUT2D eigenvalue weighted by atomic mass is 32.2. The van der Waals surface area contributed by atoms with Crippen LogP contribution in [0.1, 0.15) is 35.7 Å². The van der Waals surface area contributed by atoms with Gasteiger partial charge in [-0.05, 0) is 48.4 Å². The first kappa shape index (κ1) is 19.4. The van der Waals surface area contributed by atoms with E-state index >= 15 is 0 Å². The quantitative estimate of drug-likeness (QED) is 0.632. The van der Waals surface area contributed by atoms with Crippen molar-refractivity contribution in [3.05, 3.63) is 65.7 Å². The monoisotopic (exact) mass is 356 g/mol. The van der Waals surface area contributed by atoms with E-state index < -0.39 is 0 Å². The Morgan fingerprint density at radius 1 is 1.04 bits per heavy atom. The minimum atomic E-state index is 0.0195. The van der Waals surface area contributed by atoms with Crippen molar-refractivity contribution in [1.82, 2.24) is 5.32 Å². The Hall–Kier alpha value is -1.94. The molecule has 0 radical (unpaired) electrons. The van der Waals surface area contributed by atoms with Crippen molar-refractivity contribution in [1.29, 1.82) is 0 Å². The van der Waals surface area contributed by atoms with Gasteiger partial charge in [0, 0.05) is 37.1 Å². The molecule has 2 aromatic rings. The molecule has 0 aliphatic rings. The van der Waals surface area contributed by atoms with Crippen molar-refractivity contribution in [3.8, 4) is 0 Å². The number of thioether (sulfide) groups is 1. The van der Waals surface area contributed by atoms with Crippen LogP contribution in [-0.4, -0.2) is 31.8 Å². The molecule has 0 saturated carbocycles. The number of hydrogen-bond donors (Lipinski definition) is 1. The van der Waals surface area contributed by atoms with Gasteiger partial charge in [0.05, 0.1) is 0 Å². The summed E-state index contributed by atoms with van der Waals surface area (Å²) in [5.74, 6) is 2.14.